The number of hydrogen-bond donors (Lipinski definition) is 5. The summed E-state index contributed by atoms with van der Waals surface area (Å²) in [6.07, 6.45) is -2.77. The lowest BCUT2D eigenvalue weighted by molar-refractivity contribution is -0.294. The lowest BCUT2D eigenvalue weighted by Gasteiger charge is -2.48. The highest BCUT2D eigenvalue weighted by molar-refractivity contribution is 5.79. The molecule has 14 heteroatoms. The molecule has 2 aromatic rings. The maximum absolute atomic E-state index is 13.9. The number of aliphatic hydroxyl groups is 4. The lowest BCUT2D eigenvalue weighted by Crippen LogP contribution is -2.62. The normalized spacial score (nSPS) is 39.2. The summed E-state index contributed by atoms with van der Waals surface area (Å²) >= 11 is 0. The quantitative estimate of drug-likeness (QED) is 0.256. The lowest BCUT2D eigenvalue weighted by atomic mass is 9.78. The molecule has 0 spiro atoms. The Balaban J connectivity index is 1.53. The van der Waals surface area contributed by atoms with Crippen molar-refractivity contribution in [3.05, 3.63) is 36.5 Å². The summed E-state index contributed by atoms with van der Waals surface area (Å²) in [7, 11) is 3.57. The topological polar surface area (TPSA) is 183 Å². The van der Waals surface area contributed by atoms with Crippen LogP contribution < -0.4 is 10.1 Å². The molecule has 2 aliphatic heterocycles. The number of carbonyl (C=O) groups excluding carboxylic acids is 2. The van der Waals surface area contributed by atoms with Crippen molar-refractivity contribution in [1.82, 2.24) is 20.1 Å². The van der Waals surface area contributed by atoms with Crippen LogP contribution in [0.25, 0.3) is 10.9 Å². The minimum Gasteiger partial charge on any atom is -0.483 e. The van der Waals surface area contributed by atoms with Crippen molar-refractivity contribution in [2.45, 2.75) is 160 Å². The van der Waals surface area contributed by atoms with Crippen molar-refractivity contribution >= 4 is 22.9 Å². The molecule has 2 saturated heterocycles. The summed E-state index contributed by atoms with van der Waals surface area (Å²) in [6.45, 7) is 14.0. The van der Waals surface area contributed by atoms with Crippen molar-refractivity contribution in [2.75, 3.05) is 20.6 Å². The minimum absolute atomic E-state index is 0.149. The van der Waals surface area contributed by atoms with E-state index in [2.05, 4.69) is 10.3 Å². The monoisotopic (exact) mass is 786 g/mol. The number of urea groups is 1. The molecule has 5 N–H and O–H groups in total. The highest BCUT2D eigenvalue weighted by Crippen LogP contribution is 2.38. The van der Waals surface area contributed by atoms with Gasteiger partial charge in [-0.3, -0.25) is 9.78 Å². The van der Waals surface area contributed by atoms with Crippen LogP contribution in [-0.2, 0) is 19.0 Å². The van der Waals surface area contributed by atoms with Gasteiger partial charge in [-0.25, -0.2) is 4.79 Å². The van der Waals surface area contributed by atoms with Crippen LogP contribution in [-0.4, -0.2) is 140 Å². The number of benzene rings is 1. The zero-order valence-electron chi connectivity index (χ0n) is 34.8. The predicted molar refractivity (Wildman–Crippen MR) is 211 cm³/mol. The highest BCUT2D eigenvalue weighted by atomic mass is 16.7. The molecule has 3 aliphatic rings. The fraction of sp³-hybridized carbons (Fsp3) is 0.738. The van der Waals surface area contributed by atoms with Gasteiger partial charge >= 0.3 is 12.0 Å². The fourth-order valence-electron chi connectivity index (χ4n) is 8.64. The molecule has 314 valence electrons. The third-order valence-electron chi connectivity index (χ3n) is 12.3. The second-order valence-corrected chi connectivity index (χ2v) is 17.4. The number of pyridine rings is 1. The molecular formula is C42H66N4O10. The van der Waals surface area contributed by atoms with Gasteiger partial charge in [0.2, 0.25) is 0 Å². The van der Waals surface area contributed by atoms with Gasteiger partial charge < -0.3 is 54.5 Å². The predicted octanol–water partition coefficient (Wildman–Crippen LogP) is 3.85. The Morgan fingerprint density at radius 1 is 1.05 bits per heavy atom. The van der Waals surface area contributed by atoms with Crippen LogP contribution in [0.5, 0.6) is 5.75 Å². The second kappa shape index (κ2) is 17.8. The van der Waals surface area contributed by atoms with Crippen LogP contribution in [0.15, 0.2) is 36.5 Å². The van der Waals surface area contributed by atoms with Gasteiger partial charge in [0.1, 0.15) is 23.6 Å². The van der Waals surface area contributed by atoms with Gasteiger partial charge in [-0.05, 0) is 103 Å². The molecule has 14 atom stereocenters. The van der Waals surface area contributed by atoms with Gasteiger partial charge in [0, 0.05) is 43.7 Å². The first kappa shape index (κ1) is 44.0. The first-order valence-corrected chi connectivity index (χ1v) is 20.3. The molecule has 1 aromatic heterocycles. The highest BCUT2D eigenvalue weighted by Gasteiger charge is 2.51. The van der Waals surface area contributed by atoms with Crippen molar-refractivity contribution in [3.8, 4) is 5.75 Å². The van der Waals surface area contributed by atoms with E-state index in [1.807, 2.05) is 51.2 Å². The van der Waals surface area contributed by atoms with Crippen molar-refractivity contribution in [2.24, 2.45) is 17.8 Å². The van der Waals surface area contributed by atoms with Gasteiger partial charge in [0.05, 0.1) is 41.4 Å². The Morgan fingerprint density at radius 3 is 2.41 bits per heavy atom. The van der Waals surface area contributed by atoms with Gasteiger partial charge in [-0.15, -0.1) is 0 Å². The van der Waals surface area contributed by atoms with Crippen LogP contribution in [0.2, 0.25) is 0 Å². The maximum Gasteiger partial charge on any atom is 0.320 e. The standard InChI is InChI=1S/C42H66N4O10/c1-11-33-42(8,52)36(48)27(6)44-22-23(2)21-41(7,51)37(25(4)34(47)26(5)38(49)55-33)56-39-35(54-30-16-17-31-28(20-30)13-12-18-43-31)32(19-24(3)53-39)46(10)40(50)45(9)29-14-15-29/h12-13,16-18,20,23-27,29,32-37,39,44,47-48,51-52H,11,14-15,19,21-22H2,1-10H3/t23-,24-,25+,26-,27-,32+,33-,34+,35-,36-,37-,39+,41-,42-/m1/s1. The number of cyclic esters (lactones) is 1. The van der Waals surface area contributed by atoms with Crippen LogP contribution >= 0.6 is 0 Å². The minimum atomic E-state index is -1.79. The zero-order valence-corrected chi connectivity index (χ0v) is 34.8. The molecule has 0 radical (unpaired) electrons. The summed E-state index contributed by atoms with van der Waals surface area (Å²) in [4.78, 5) is 35.4. The van der Waals surface area contributed by atoms with E-state index in [-0.39, 0.29) is 36.9 Å². The van der Waals surface area contributed by atoms with Crippen LogP contribution in [0.3, 0.4) is 0 Å². The van der Waals surface area contributed by atoms with E-state index in [4.69, 9.17) is 18.9 Å². The smallest absolute Gasteiger partial charge is 0.320 e. The van der Waals surface area contributed by atoms with Gasteiger partial charge in [-0.1, -0.05) is 26.8 Å². The number of likely N-dealkylation sites (N-methyl/N-ethyl adjacent to an activating group) is 1. The number of amides is 2. The van der Waals surface area contributed by atoms with Crippen molar-refractivity contribution in [1.29, 1.82) is 0 Å². The molecular weight excluding hydrogens is 720 g/mol. The Kier molecular flexibility index (Phi) is 14.0. The Morgan fingerprint density at radius 2 is 1.75 bits per heavy atom. The van der Waals surface area contributed by atoms with Crippen LogP contribution in [0, 0.1) is 17.8 Å². The molecule has 0 unspecified atom stereocenters. The van der Waals surface area contributed by atoms with E-state index in [1.54, 1.807) is 50.7 Å². The molecule has 1 saturated carbocycles. The Hall–Kier alpha value is -3.11. The molecule has 3 fully saturated rings. The third kappa shape index (κ3) is 9.77. The number of rotatable bonds is 7. The summed E-state index contributed by atoms with van der Waals surface area (Å²) in [5, 5.41) is 51.1. The van der Waals surface area contributed by atoms with E-state index in [9.17, 15) is 30.0 Å². The van der Waals surface area contributed by atoms with Gasteiger partial charge in [0.25, 0.3) is 0 Å². The van der Waals surface area contributed by atoms with Crippen LogP contribution in [0.1, 0.15) is 87.5 Å². The van der Waals surface area contributed by atoms with Crippen molar-refractivity contribution in [3.63, 3.8) is 0 Å². The fourth-order valence-corrected chi connectivity index (χ4v) is 8.64. The van der Waals surface area contributed by atoms with E-state index in [1.165, 1.54) is 13.8 Å². The Labute approximate surface area is 331 Å². The average molecular weight is 787 g/mol. The van der Waals surface area contributed by atoms with E-state index in [0.29, 0.717) is 18.7 Å². The number of fused-ring (bicyclic) bond motifs is 1. The van der Waals surface area contributed by atoms with E-state index in [0.717, 1.165) is 23.7 Å². The number of carbonyl (C=O) groups is 2. The van der Waals surface area contributed by atoms with Gasteiger partial charge in [0.15, 0.2) is 12.4 Å². The summed E-state index contributed by atoms with van der Waals surface area (Å²) in [5.74, 6) is -2.40. The SMILES string of the molecule is CC[C@H]1OC(=O)[C@H](C)[C@@H](O)[C@H](C)[C@@H](O[C@@H]2O[C@H](C)C[C@H](N(C)C(=O)N(C)C3CC3)[C@H]2Oc2ccc3ncccc3c2)[C@](C)(O)C[C@@H](C)CN[C@H](C)[C@@H](O)[C@]1(C)O. The molecule has 5 rings (SSSR count). The number of nitrogens with zero attached hydrogens (tertiary/aromatic N) is 3. The number of hydrogen-bond acceptors (Lipinski definition) is 12. The molecule has 2 amide bonds. The first-order chi connectivity index (χ1) is 26.3. The number of aliphatic hydroxyl groups excluding tert-OH is 2. The maximum atomic E-state index is 13.9. The Bertz CT molecular complexity index is 1640. The molecule has 14 nitrogen and oxygen atoms in total. The van der Waals surface area contributed by atoms with Crippen molar-refractivity contribution < 1.29 is 49.0 Å². The first-order valence-electron chi connectivity index (χ1n) is 20.3. The van der Waals surface area contributed by atoms with Gasteiger partial charge in [-0.2, -0.15) is 0 Å². The largest absolute Gasteiger partial charge is 0.483 e. The number of esters is 1. The molecule has 1 aromatic carbocycles. The molecule has 0 bridgehead atoms. The van der Waals surface area contributed by atoms with E-state index >= 15 is 0 Å². The average Bonchev–Trinajstić information content (AvgIpc) is 4.02. The zero-order chi connectivity index (χ0) is 41.3. The number of nitrogens with one attached hydrogen (secondary N) is 1. The molecule has 56 heavy (non-hydrogen) atoms. The summed E-state index contributed by atoms with van der Waals surface area (Å²) in [5.41, 5.74) is -2.60. The third-order valence-corrected chi connectivity index (χ3v) is 12.3. The number of ether oxygens (including phenoxy) is 4. The summed E-state index contributed by atoms with van der Waals surface area (Å²) in [6, 6.07) is 8.25. The number of aromatic nitrogens is 1. The molecule has 1 aliphatic carbocycles. The summed E-state index contributed by atoms with van der Waals surface area (Å²) < 4.78 is 26.0. The van der Waals surface area contributed by atoms with Crippen LogP contribution in [0.4, 0.5) is 4.79 Å². The van der Waals surface area contributed by atoms with E-state index < -0.39 is 77.9 Å². The second-order valence-electron chi connectivity index (χ2n) is 17.4. The molecule has 3 heterocycles.